The number of hydrogen-bond acceptors (Lipinski definition) is 4. The summed E-state index contributed by atoms with van der Waals surface area (Å²) in [7, 11) is 0. The van der Waals surface area contributed by atoms with E-state index in [-0.39, 0.29) is 12.1 Å². The Morgan fingerprint density at radius 2 is 1.88 bits per heavy atom. The molecule has 1 atom stereocenters. The van der Waals surface area contributed by atoms with Crippen LogP contribution in [0, 0.1) is 6.92 Å². The van der Waals surface area contributed by atoms with Gasteiger partial charge in [-0.1, -0.05) is 17.7 Å². The first-order chi connectivity index (χ1) is 12.2. The predicted molar refractivity (Wildman–Crippen MR) is 93.3 cm³/mol. The zero-order chi connectivity index (χ0) is 17.2. The van der Waals surface area contributed by atoms with E-state index in [0.29, 0.717) is 23.7 Å². The van der Waals surface area contributed by atoms with E-state index in [1.54, 1.807) is 24.7 Å². The first-order valence-electron chi connectivity index (χ1n) is 8.02. The minimum Gasteiger partial charge on any atom is -0.467 e. The molecule has 0 aliphatic carbocycles. The number of furan rings is 2. The predicted octanol–water partition coefficient (Wildman–Crippen LogP) is 4.56. The second kappa shape index (κ2) is 6.32. The molecule has 0 bridgehead atoms. The number of nitrogens with one attached hydrogen (secondary N) is 1. The fraction of sp³-hybridized carbons (Fsp3) is 0.158. The molecular weight excluding hydrogens is 318 g/mol. The van der Waals surface area contributed by atoms with Crippen molar-refractivity contribution in [3.8, 4) is 0 Å². The Labute approximate surface area is 144 Å². The molecule has 0 fully saturated rings. The summed E-state index contributed by atoms with van der Waals surface area (Å²) in [6.07, 6.45) is 3.72. The average Bonchev–Trinajstić information content (AvgIpc) is 3.36. The molecule has 0 saturated heterocycles. The van der Waals surface area contributed by atoms with Crippen LogP contribution in [0.15, 0.2) is 75.0 Å². The monoisotopic (exact) mass is 335 g/mol. The van der Waals surface area contributed by atoms with Gasteiger partial charge in [0, 0.05) is 12.1 Å². The van der Waals surface area contributed by atoms with Crippen LogP contribution in [0.4, 0.5) is 10.5 Å². The van der Waals surface area contributed by atoms with Gasteiger partial charge < -0.3 is 14.2 Å². The van der Waals surface area contributed by atoms with Crippen molar-refractivity contribution in [3.05, 3.63) is 78.1 Å². The number of urea groups is 1. The van der Waals surface area contributed by atoms with Crippen molar-refractivity contribution in [2.45, 2.75) is 19.4 Å². The minimum absolute atomic E-state index is 0.305. The summed E-state index contributed by atoms with van der Waals surface area (Å²) in [6.45, 7) is 2.00. The molecule has 25 heavy (non-hydrogen) atoms. The number of carbonyl (C=O) groups is 1. The van der Waals surface area contributed by atoms with Gasteiger partial charge in [-0.2, -0.15) is 5.10 Å². The van der Waals surface area contributed by atoms with Gasteiger partial charge >= 0.3 is 6.03 Å². The molecule has 4 rings (SSSR count). The lowest BCUT2D eigenvalue weighted by atomic mass is 10.1. The molecule has 1 aromatic carbocycles. The van der Waals surface area contributed by atoms with Crippen molar-refractivity contribution in [2.75, 3.05) is 5.32 Å². The standard InChI is InChI=1S/C19H17N3O3/c1-13-6-8-14(9-7-13)20-19(23)22-16(18-5-3-11-25-18)12-15(21-22)17-4-2-10-24-17/h2-11,16H,12H2,1H3,(H,20,23). The number of rotatable bonds is 3. The van der Waals surface area contributed by atoms with Gasteiger partial charge in [-0.25, -0.2) is 9.80 Å². The number of carbonyl (C=O) groups excluding carboxylic acids is 1. The molecule has 1 aliphatic heterocycles. The van der Waals surface area contributed by atoms with Crippen molar-refractivity contribution >= 4 is 17.4 Å². The van der Waals surface area contributed by atoms with E-state index in [1.165, 1.54) is 5.01 Å². The maximum absolute atomic E-state index is 12.8. The number of amides is 2. The maximum Gasteiger partial charge on any atom is 0.342 e. The second-order valence-corrected chi connectivity index (χ2v) is 5.90. The summed E-state index contributed by atoms with van der Waals surface area (Å²) < 4.78 is 10.9. The van der Waals surface area contributed by atoms with E-state index < -0.39 is 0 Å². The third kappa shape index (κ3) is 3.06. The Hall–Kier alpha value is -3.28. The van der Waals surface area contributed by atoms with Crippen molar-refractivity contribution in [1.29, 1.82) is 0 Å². The summed E-state index contributed by atoms with van der Waals surface area (Å²) in [5.74, 6) is 1.34. The molecule has 1 N–H and O–H groups in total. The Morgan fingerprint density at radius 1 is 1.12 bits per heavy atom. The van der Waals surface area contributed by atoms with Crippen molar-refractivity contribution in [2.24, 2.45) is 5.10 Å². The Bertz CT molecular complexity index is 881. The fourth-order valence-electron chi connectivity index (χ4n) is 2.81. The average molecular weight is 335 g/mol. The molecule has 3 heterocycles. The molecule has 126 valence electrons. The number of nitrogens with zero attached hydrogens (tertiary/aromatic N) is 2. The van der Waals surface area contributed by atoms with Crippen LogP contribution in [0.2, 0.25) is 0 Å². The van der Waals surface area contributed by atoms with Gasteiger partial charge in [0.25, 0.3) is 0 Å². The summed E-state index contributed by atoms with van der Waals surface area (Å²) in [5.41, 5.74) is 2.56. The normalized spacial score (nSPS) is 16.8. The molecular formula is C19H17N3O3. The van der Waals surface area contributed by atoms with Gasteiger partial charge in [-0.3, -0.25) is 0 Å². The lowest BCUT2D eigenvalue weighted by Gasteiger charge is -2.20. The number of hydrazone groups is 1. The molecule has 2 amide bonds. The van der Waals surface area contributed by atoms with Crippen LogP contribution in [0.5, 0.6) is 0 Å². The van der Waals surface area contributed by atoms with Crippen molar-refractivity contribution in [3.63, 3.8) is 0 Å². The van der Waals surface area contributed by atoms with Crippen LogP contribution < -0.4 is 5.32 Å². The summed E-state index contributed by atoms with van der Waals surface area (Å²) in [6, 6.07) is 14.3. The third-order valence-electron chi connectivity index (χ3n) is 4.10. The largest absolute Gasteiger partial charge is 0.467 e. The van der Waals surface area contributed by atoms with Crippen LogP contribution in [-0.2, 0) is 0 Å². The van der Waals surface area contributed by atoms with Gasteiger partial charge in [0.2, 0.25) is 0 Å². The lowest BCUT2D eigenvalue weighted by molar-refractivity contribution is 0.192. The first kappa shape index (κ1) is 15.3. The molecule has 3 aromatic rings. The number of hydrogen-bond donors (Lipinski definition) is 1. The molecule has 0 radical (unpaired) electrons. The fourth-order valence-corrected chi connectivity index (χ4v) is 2.81. The molecule has 0 spiro atoms. The number of benzene rings is 1. The smallest absolute Gasteiger partial charge is 0.342 e. The summed E-state index contributed by atoms with van der Waals surface area (Å²) in [5, 5.41) is 8.76. The second-order valence-electron chi connectivity index (χ2n) is 5.90. The SMILES string of the molecule is Cc1ccc(NC(=O)N2N=C(c3ccco3)CC2c2ccco2)cc1. The lowest BCUT2D eigenvalue weighted by Crippen LogP contribution is -2.31. The van der Waals surface area contributed by atoms with E-state index in [2.05, 4.69) is 10.4 Å². The molecule has 1 aliphatic rings. The highest BCUT2D eigenvalue weighted by atomic mass is 16.3. The maximum atomic E-state index is 12.8. The quantitative estimate of drug-likeness (QED) is 0.762. The molecule has 2 aromatic heterocycles. The van der Waals surface area contributed by atoms with Crippen LogP contribution in [0.1, 0.15) is 29.5 Å². The molecule has 0 saturated carbocycles. The van der Waals surface area contributed by atoms with E-state index in [0.717, 1.165) is 11.3 Å². The summed E-state index contributed by atoms with van der Waals surface area (Å²) >= 11 is 0. The van der Waals surface area contributed by atoms with Crippen LogP contribution in [0.3, 0.4) is 0 Å². The molecule has 1 unspecified atom stereocenters. The minimum atomic E-state index is -0.313. The van der Waals surface area contributed by atoms with Gasteiger partial charge in [-0.05, 0) is 43.3 Å². The van der Waals surface area contributed by atoms with Gasteiger partial charge in [-0.15, -0.1) is 0 Å². The zero-order valence-corrected chi connectivity index (χ0v) is 13.7. The van der Waals surface area contributed by atoms with E-state index in [4.69, 9.17) is 8.83 Å². The number of aryl methyl sites for hydroxylation is 1. The topological polar surface area (TPSA) is 71.0 Å². The Balaban J connectivity index is 1.60. The van der Waals surface area contributed by atoms with Gasteiger partial charge in [0.1, 0.15) is 23.3 Å². The van der Waals surface area contributed by atoms with Crippen molar-refractivity contribution in [1.82, 2.24) is 5.01 Å². The highest BCUT2D eigenvalue weighted by molar-refractivity contribution is 6.02. The van der Waals surface area contributed by atoms with E-state index in [1.807, 2.05) is 43.3 Å². The van der Waals surface area contributed by atoms with E-state index >= 15 is 0 Å². The first-order valence-corrected chi connectivity index (χ1v) is 8.02. The van der Waals surface area contributed by atoms with Gasteiger partial charge in [0.15, 0.2) is 0 Å². The Morgan fingerprint density at radius 3 is 2.56 bits per heavy atom. The highest BCUT2D eigenvalue weighted by Crippen LogP contribution is 2.33. The van der Waals surface area contributed by atoms with Gasteiger partial charge in [0.05, 0.1) is 12.5 Å². The van der Waals surface area contributed by atoms with Crippen LogP contribution in [0.25, 0.3) is 0 Å². The van der Waals surface area contributed by atoms with Crippen LogP contribution >= 0.6 is 0 Å². The van der Waals surface area contributed by atoms with Crippen LogP contribution in [-0.4, -0.2) is 16.8 Å². The zero-order valence-electron chi connectivity index (χ0n) is 13.7. The Kier molecular flexibility index (Phi) is 3.85. The highest BCUT2D eigenvalue weighted by Gasteiger charge is 2.35. The third-order valence-corrected chi connectivity index (χ3v) is 4.10. The number of anilines is 1. The van der Waals surface area contributed by atoms with Crippen molar-refractivity contribution < 1.29 is 13.6 Å². The molecule has 6 heteroatoms. The molecule has 6 nitrogen and oxygen atoms in total. The summed E-state index contributed by atoms with van der Waals surface area (Å²) in [4.78, 5) is 12.8. The van der Waals surface area contributed by atoms with E-state index in [9.17, 15) is 4.79 Å².